The molecule has 2 aromatic heterocycles. The van der Waals surface area contributed by atoms with Crippen molar-refractivity contribution in [2.24, 2.45) is 0 Å². The van der Waals surface area contributed by atoms with Crippen LogP contribution in [0.15, 0.2) is 46.6 Å². The molecule has 0 aliphatic carbocycles. The van der Waals surface area contributed by atoms with Crippen LogP contribution in [0.4, 0.5) is 5.69 Å². The van der Waals surface area contributed by atoms with Gasteiger partial charge in [-0.25, -0.2) is 0 Å². The molecule has 0 atom stereocenters. The Balaban J connectivity index is 1.58. The van der Waals surface area contributed by atoms with Crippen molar-refractivity contribution in [1.82, 2.24) is 9.47 Å². The Hall–Kier alpha value is -2.86. The van der Waals surface area contributed by atoms with Crippen LogP contribution in [-0.4, -0.2) is 41.6 Å². The van der Waals surface area contributed by atoms with Crippen molar-refractivity contribution in [2.75, 3.05) is 31.1 Å². The van der Waals surface area contributed by atoms with E-state index in [0.29, 0.717) is 31.6 Å². The van der Waals surface area contributed by atoms with Crippen molar-refractivity contribution in [3.8, 4) is 0 Å². The number of aryl methyl sites for hydroxylation is 3. The number of carbonyl (C=O) groups is 1. The lowest BCUT2D eigenvalue weighted by Crippen LogP contribution is -2.50. The fourth-order valence-electron chi connectivity index (χ4n) is 4.57. The van der Waals surface area contributed by atoms with E-state index in [0.717, 1.165) is 24.5 Å². The van der Waals surface area contributed by atoms with Crippen LogP contribution in [-0.2, 0) is 13.0 Å². The Bertz CT molecular complexity index is 1170. The van der Waals surface area contributed by atoms with E-state index in [1.165, 1.54) is 21.7 Å². The van der Waals surface area contributed by atoms with Gasteiger partial charge in [-0.1, -0.05) is 25.1 Å². The summed E-state index contributed by atoms with van der Waals surface area (Å²) in [6, 6.07) is 12.2. The number of hydrogen-bond acceptors (Lipinski definition) is 4. The summed E-state index contributed by atoms with van der Waals surface area (Å²) in [6.07, 6.45) is 0.645. The number of anilines is 1. The number of piperazine rings is 1. The third kappa shape index (κ3) is 4.37. The van der Waals surface area contributed by atoms with Crippen LogP contribution >= 0.6 is 11.3 Å². The zero-order valence-corrected chi connectivity index (χ0v) is 20.2. The van der Waals surface area contributed by atoms with Gasteiger partial charge in [0.25, 0.3) is 5.91 Å². The Kier molecular flexibility index (Phi) is 6.51. The second-order valence-corrected chi connectivity index (χ2v) is 9.59. The SMILES string of the molecule is CCc1c(C(=O)N2CCN(c3cc(C)ccc3C)CC2)c(=O)cc(C)n1Cc1cccs1. The summed E-state index contributed by atoms with van der Waals surface area (Å²) in [5, 5.41) is 2.06. The van der Waals surface area contributed by atoms with Crippen molar-refractivity contribution < 1.29 is 4.79 Å². The van der Waals surface area contributed by atoms with E-state index >= 15 is 0 Å². The number of thiophene rings is 1. The minimum absolute atomic E-state index is 0.132. The van der Waals surface area contributed by atoms with Crippen molar-refractivity contribution in [3.63, 3.8) is 0 Å². The highest BCUT2D eigenvalue weighted by Gasteiger charge is 2.27. The van der Waals surface area contributed by atoms with Crippen molar-refractivity contribution in [1.29, 1.82) is 0 Å². The number of benzene rings is 1. The molecule has 1 amide bonds. The molecule has 5 nitrogen and oxygen atoms in total. The quantitative estimate of drug-likeness (QED) is 0.580. The van der Waals surface area contributed by atoms with Gasteiger partial charge in [0, 0.05) is 54.2 Å². The molecule has 4 rings (SSSR count). The molecule has 1 aliphatic rings. The van der Waals surface area contributed by atoms with Crippen LogP contribution < -0.4 is 10.3 Å². The predicted octanol–water partition coefficient (Wildman–Crippen LogP) is 4.41. The molecule has 0 radical (unpaired) electrons. The molecule has 3 aromatic rings. The van der Waals surface area contributed by atoms with Gasteiger partial charge in [0.2, 0.25) is 0 Å². The van der Waals surface area contributed by atoms with Gasteiger partial charge in [0.05, 0.1) is 6.54 Å². The number of amides is 1. The first-order valence-electron chi connectivity index (χ1n) is 11.3. The van der Waals surface area contributed by atoms with Gasteiger partial charge in [-0.05, 0) is 55.8 Å². The smallest absolute Gasteiger partial charge is 0.259 e. The van der Waals surface area contributed by atoms with Gasteiger partial charge < -0.3 is 14.4 Å². The lowest BCUT2D eigenvalue weighted by molar-refractivity contribution is 0.0743. The van der Waals surface area contributed by atoms with Crippen LogP contribution in [0.5, 0.6) is 0 Å². The number of nitrogens with zero attached hydrogens (tertiary/aromatic N) is 3. The van der Waals surface area contributed by atoms with Gasteiger partial charge in [0.1, 0.15) is 5.56 Å². The topological polar surface area (TPSA) is 45.6 Å². The molecule has 168 valence electrons. The Morgan fingerprint density at radius 3 is 2.44 bits per heavy atom. The second-order valence-electron chi connectivity index (χ2n) is 8.56. The molecule has 1 aromatic carbocycles. The molecule has 0 N–H and O–H groups in total. The maximum atomic E-state index is 13.5. The second kappa shape index (κ2) is 9.33. The molecule has 0 saturated carbocycles. The molecule has 0 unspecified atom stereocenters. The fourth-order valence-corrected chi connectivity index (χ4v) is 5.27. The third-order valence-corrected chi connectivity index (χ3v) is 7.20. The van der Waals surface area contributed by atoms with E-state index in [2.05, 4.69) is 53.0 Å². The van der Waals surface area contributed by atoms with E-state index in [9.17, 15) is 9.59 Å². The molecule has 3 heterocycles. The van der Waals surface area contributed by atoms with Crippen LogP contribution in [0.1, 0.15) is 44.7 Å². The predicted molar refractivity (Wildman–Crippen MR) is 132 cm³/mol. The summed E-state index contributed by atoms with van der Waals surface area (Å²) in [5.41, 5.74) is 5.64. The number of aromatic nitrogens is 1. The molecule has 1 saturated heterocycles. The van der Waals surface area contributed by atoms with Gasteiger partial charge in [0.15, 0.2) is 5.43 Å². The van der Waals surface area contributed by atoms with E-state index in [-0.39, 0.29) is 11.3 Å². The largest absolute Gasteiger partial charge is 0.368 e. The summed E-state index contributed by atoms with van der Waals surface area (Å²) in [4.78, 5) is 31.9. The summed E-state index contributed by atoms with van der Waals surface area (Å²) >= 11 is 1.69. The van der Waals surface area contributed by atoms with Crippen LogP contribution in [0.25, 0.3) is 0 Å². The molecular formula is C26H31N3O2S. The van der Waals surface area contributed by atoms with Crippen molar-refractivity contribution >= 4 is 22.9 Å². The summed E-state index contributed by atoms with van der Waals surface area (Å²) in [6.45, 7) is 11.7. The number of hydrogen-bond donors (Lipinski definition) is 0. The lowest BCUT2D eigenvalue weighted by atomic mass is 10.1. The van der Waals surface area contributed by atoms with Crippen molar-refractivity contribution in [2.45, 2.75) is 40.7 Å². The van der Waals surface area contributed by atoms with Gasteiger partial charge in [-0.3, -0.25) is 9.59 Å². The van der Waals surface area contributed by atoms with Crippen molar-refractivity contribution in [3.05, 3.63) is 85.0 Å². The number of carbonyl (C=O) groups excluding carboxylic acids is 1. The first kappa shape index (κ1) is 22.3. The monoisotopic (exact) mass is 449 g/mol. The summed E-state index contributed by atoms with van der Waals surface area (Å²) < 4.78 is 2.13. The Morgan fingerprint density at radius 1 is 1.03 bits per heavy atom. The number of rotatable bonds is 5. The maximum absolute atomic E-state index is 13.5. The van der Waals surface area contributed by atoms with E-state index < -0.39 is 0 Å². The minimum Gasteiger partial charge on any atom is -0.368 e. The third-order valence-electron chi connectivity index (χ3n) is 6.34. The Labute approximate surface area is 193 Å². The van der Waals surface area contributed by atoms with Gasteiger partial charge in [-0.15, -0.1) is 11.3 Å². The Morgan fingerprint density at radius 2 is 1.78 bits per heavy atom. The molecule has 32 heavy (non-hydrogen) atoms. The highest BCUT2D eigenvalue weighted by Crippen LogP contribution is 2.24. The maximum Gasteiger partial charge on any atom is 0.259 e. The van der Waals surface area contributed by atoms with Crippen LogP contribution in [0, 0.1) is 20.8 Å². The summed E-state index contributed by atoms with van der Waals surface area (Å²) in [5.74, 6) is -0.132. The standard InChI is InChI=1S/C26H31N3O2S/c1-5-22-25(24(30)16-20(4)29(22)17-21-7-6-14-32-21)26(31)28-12-10-27(11-13-28)23-15-18(2)8-9-19(23)3/h6-9,14-16H,5,10-13,17H2,1-4H3. The molecule has 0 bridgehead atoms. The van der Waals surface area contributed by atoms with E-state index in [1.54, 1.807) is 17.4 Å². The minimum atomic E-state index is -0.163. The lowest BCUT2D eigenvalue weighted by Gasteiger charge is -2.37. The molecule has 0 spiro atoms. The zero-order chi connectivity index (χ0) is 22.8. The van der Waals surface area contributed by atoms with Gasteiger partial charge in [-0.2, -0.15) is 0 Å². The normalized spacial score (nSPS) is 14.1. The average molecular weight is 450 g/mol. The first-order chi connectivity index (χ1) is 15.4. The van der Waals surface area contributed by atoms with Gasteiger partial charge >= 0.3 is 0 Å². The van der Waals surface area contributed by atoms with Crippen LogP contribution in [0.3, 0.4) is 0 Å². The van der Waals surface area contributed by atoms with E-state index in [4.69, 9.17) is 0 Å². The molecule has 1 aliphatic heterocycles. The van der Waals surface area contributed by atoms with Crippen LogP contribution in [0.2, 0.25) is 0 Å². The highest BCUT2D eigenvalue weighted by molar-refractivity contribution is 7.09. The highest BCUT2D eigenvalue weighted by atomic mass is 32.1. The fraction of sp³-hybridized carbons (Fsp3) is 0.385. The summed E-state index contributed by atoms with van der Waals surface area (Å²) in [7, 11) is 0. The number of pyridine rings is 1. The molecule has 6 heteroatoms. The molecule has 1 fully saturated rings. The average Bonchev–Trinajstić information content (AvgIpc) is 3.30. The van der Waals surface area contributed by atoms with E-state index in [1.807, 2.05) is 24.8 Å². The molecular weight excluding hydrogens is 418 g/mol. The zero-order valence-electron chi connectivity index (χ0n) is 19.4. The first-order valence-corrected chi connectivity index (χ1v) is 12.1.